The summed E-state index contributed by atoms with van der Waals surface area (Å²) in [5.41, 5.74) is 1.23. The molecule has 0 spiro atoms. The lowest BCUT2D eigenvalue weighted by Gasteiger charge is -2.12. The van der Waals surface area contributed by atoms with E-state index in [2.05, 4.69) is 4.98 Å². The van der Waals surface area contributed by atoms with Crippen molar-refractivity contribution in [3.8, 4) is 0 Å². The average molecular weight is 375 g/mol. The predicted molar refractivity (Wildman–Crippen MR) is 91.9 cm³/mol. The molecule has 0 amide bonds. The van der Waals surface area contributed by atoms with Gasteiger partial charge in [-0.25, -0.2) is 9.78 Å². The molecule has 0 radical (unpaired) electrons. The summed E-state index contributed by atoms with van der Waals surface area (Å²) >= 11 is 13.5. The second-order valence-electron chi connectivity index (χ2n) is 5.12. The minimum atomic E-state index is -1.06. The van der Waals surface area contributed by atoms with E-state index in [0.29, 0.717) is 32.2 Å². The Morgan fingerprint density at radius 2 is 2.13 bits per heavy atom. The number of imidazole rings is 1. The van der Waals surface area contributed by atoms with E-state index in [1.165, 1.54) is 11.8 Å². The zero-order valence-electron chi connectivity index (χ0n) is 12.6. The monoisotopic (exact) mass is 374 g/mol. The summed E-state index contributed by atoms with van der Waals surface area (Å²) in [4.78, 5) is 15.9. The molecule has 2 N–H and O–H groups in total. The quantitative estimate of drug-likeness (QED) is 0.753. The van der Waals surface area contributed by atoms with Crippen molar-refractivity contribution in [1.29, 1.82) is 0 Å². The standard InChI is InChI=1S/C15H16Cl2N2O3S/c1-8(20)7-23-15-18-9(2)13(14(21)22)19(15)6-10-5-11(16)3-4-12(10)17/h3-5,8,20H,6-7H2,1-2H3,(H,21,22). The van der Waals surface area contributed by atoms with Gasteiger partial charge in [0.1, 0.15) is 0 Å². The van der Waals surface area contributed by atoms with Crippen molar-refractivity contribution >= 4 is 40.9 Å². The Bertz CT molecular complexity index is 732. The maximum Gasteiger partial charge on any atom is 0.354 e. The van der Waals surface area contributed by atoms with Crippen molar-refractivity contribution in [1.82, 2.24) is 9.55 Å². The molecule has 0 saturated heterocycles. The maximum absolute atomic E-state index is 11.6. The van der Waals surface area contributed by atoms with Crippen LogP contribution >= 0.6 is 35.0 Å². The van der Waals surface area contributed by atoms with Crippen molar-refractivity contribution in [3.63, 3.8) is 0 Å². The first kappa shape index (κ1) is 18.1. The molecule has 0 bridgehead atoms. The summed E-state index contributed by atoms with van der Waals surface area (Å²) in [7, 11) is 0. The van der Waals surface area contributed by atoms with Gasteiger partial charge in [0.25, 0.3) is 0 Å². The van der Waals surface area contributed by atoms with Crippen LogP contribution in [0.1, 0.15) is 28.7 Å². The van der Waals surface area contributed by atoms with Gasteiger partial charge in [0, 0.05) is 15.8 Å². The first-order chi connectivity index (χ1) is 10.8. The number of aromatic carboxylic acids is 1. The van der Waals surface area contributed by atoms with Gasteiger partial charge in [0.05, 0.1) is 18.3 Å². The van der Waals surface area contributed by atoms with Gasteiger partial charge in [-0.05, 0) is 37.6 Å². The molecule has 124 valence electrons. The molecular formula is C15H16Cl2N2O3S. The van der Waals surface area contributed by atoms with Crippen molar-refractivity contribution in [2.45, 2.75) is 31.7 Å². The van der Waals surface area contributed by atoms with Crippen molar-refractivity contribution in [2.75, 3.05) is 5.75 Å². The molecule has 1 aromatic heterocycles. The molecule has 1 unspecified atom stereocenters. The number of carbonyl (C=O) groups is 1. The Morgan fingerprint density at radius 3 is 2.74 bits per heavy atom. The fourth-order valence-corrected chi connectivity index (χ4v) is 3.38. The van der Waals surface area contributed by atoms with E-state index < -0.39 is 12.1 Å². The van der Waals surface area contributed by atoms with Crippen LogP contribution in [-0.2, 0) is 6.54 Å². The molecule has 2 rings (SSSR count). The molecule has 0 fully saturated rings. The van der Waals surface area contributed by atoms with Crippen LogP contribution in [0.25, 0.3) is 0 Å². The molecule has 0 saturated carbocycles. The third kappa shape index (κ3) is 4.41. The molecule has 23 heavy (non-hydrogen) atoms. The van der Waals surface area contributed by atoms with E-state index in [-0.39, 0.29) is 12.2 Å². The number of benzene rings is 1. The van der Waals surface area contributed by atoms with E-state index in [1.54, 1.807) is 36.6 Å². The maximum atomic E-state index is 11.6. The zero-order valence-corrected chi connectivity index (χ0v) is 14.9. The van der Waals surface area contributed by atoms with E-state index in [9.17, 15) is 15.0 Å². The summed E-state index contributed by atoms with van der Waals surface area (Å²) in [5, 5.41) is 20.5. The number of halogens is 2. The van der Waals surface area contributed by atoms with Crippen LogP contribution < -0.4 is 0 Å². The first-order valence-corrected chi connectivity index (χ1v) is 8.59. The molecular weight excluding hydrogens is 359 g/mol. The van der Waals surface area contributed by atoms with Gasteiger partial charge < -0.3 is 14.8 Å². The molecule has 8 heteroatoms. The third-order valence-electron chi connectivity index (χ3n) is 3.10. The number of aromatic nitrogens is 2. The van der Waals surface area contributed by atoms with Gasteiger partial charge in [0.2, 0.25) is 0 Å². The topological polar surface area (TPSA) is 75.4 Å². The van der Waals surface area contributed by atoms with Crippen LogP contribution in [0, 0.1) is 6.92 Å². The molecule has 0 aliphatic rings. The predicted octanol–water partition coefficient (Wildman–Crippen LogP) is 3.72. The number of carboxylic acids is 1. The highest BCUT2D eigenvalue weighted by molar-refractivity contribution is 7.99. The molecule has 0 aliphatic heterocycles. The summed E-state index contributed by atoms with van der Waals surface area (Å²) in [6.07, 6.45) is -0.520. The van der Waals surface area contributed by atoms with Crippen molar-refractivity contribution in [2.24, 2.45) is 0 Å². The van der Waals surface area contributed by atoms with Crippen LogP contribution in [0.4, 0.5) is 0 Å². The number of rotatable bonds is 6. The van der Waals surface area contributed by atoms with Gasteiger partial charge in [-0.3, -0.25) is 0 Å². The molecule has 0 aliphatic carbocycles. The molecule has 2 aromatic rings. The van der Waals surface area contributed by atoms with Crippen molar-refractivity contribution < 1.29 is 15.0 Å². The van der Waals surface area contributed by atoms with Crippen LogP contribution in [0.2, 0.25) is 10.0 Å². The highest BCUT2D eigenvalue weighted by atomic mass is 35.5. The van der Waals surface area contributed by atoms with E-state index in [4.69, 9.17) is 23.2 Å². The van der Waals surface area contributed by atoms with Gasteiger partial charge >= 0.3 is 5.97 Å². The minimum absolute atomic E-state index is 0.106. The fraction of sp³-hybridized carbons (Fsp3) is 0.333. The molecule has 1 atom stereocenters. The Kier molecular flexibility index (Phi) is 5.97. The lowest BCUT2D eigenvalue weighted by atomic mass is 10.2. The van der Waals surface area contributed by atoms with Gasteiger partial charge in [-0.15, -0.1) is 0 Å². The highest BCUT2D eigenvalue weighted by Gasteiger charge is 2.21. The minimum Gasteiger partial charge on any atom is -0.477 e. The second-order valence-corrected chi connectivity index (χ2v) is 6.95. The lowest BCUT2D eigenvalue weighted by Crippen LogP contribution is -2.13. The van der Waals surface area contributed by atoms with Crippen molar-refractivity contribution in [3.05, 3.63) is 45.2 Å². The first-order valence-electron chi connectivity index (χ1n) is 6.84. The van der Waals surface area contributed by atoms with Gasteiger partial charge in [-0.1, -0.05) is 35.0 Å². The van der Waals surface area contributed by atoms with Crippen LogP contribution in [0.5, 0.6) is 0 Å². The van der Waals surface area contributed by atoms with Crippen LogP contribution in [-0.4, -0.2) is 37.6 Å². The molecule has 1 heterocycles. The zero-order chi connectivity index (χ0) is 17.1. The number of aliphatic hydroxyl groups excluding tert-OH is 1. The van der Waals surface area contributed by atoms with E-state index >= 15 is 0 Å². The normalized spacial score (nSPS) is 12.4. The summed E-state index contributed by atoms with van der Waals surface area (Å²) in [6.45, 7) is 3.55. The Balaban J connectivity index is 2.45. The molecule has 5 nitrogen and oxygen atoms in total. The summed E-state index contributed by atoms with van der Waals surface area (Å²) < 4.78 is 1.59. The van der Waals surface area contributed by atoms with Crippen LogP contribution in [0.3, 0.4) is 0 Å². The Hall–Kier alpha value is -1.21. The smallest absolute Gasteiger partial charge is 0.354 e. The Labute approximate surface area is 148 Å². The number of thioether (sulfide) groups is 1. The number of aryl methyl sites for hydroxylation is 1. The fourth-order valence-electron chi connectivity index (χ4n) is 2.10. The highest BCUT2D eigenvalue weighted by Crippen LogP contribution is 2.27. The Morgan fingerprint density at radius 1 is 1.43 bits per heavy atom. The number of aliphatic hydroxyl groups is 1. The number of nitrogens with zero attached hydrogens (tertiary/aromatic N) is 2. The van der Waals surface area contributed by atoms with Crippen LogP contribution in [0.15, 0.2) is 23.4 Å². The molecule has 1 aromatic carbocycles. The largest absolute Gasteiger partial charge is 0.477 e. The number of carboxylic acid groups (broad SMARTS) is 1. The SMILES string of the molecule is Cc1nc(SCC(C)O)n(Cc2cc(Cl)ccc2Cl)c1C(=O)O. The lowest BCUT2D eigenvalue weighted by molar-refractivity contribution is 0.0684. The summed E-state index contributed by atoms with van der Waals surface area (Å²) in [6, 6.07) is 5.05. The third-order valence-corrected chi connectivity index (χ3v) is 4.92. The van der Waals surface area contributed by atoms with Gasteiger partial charge in [-0.2, -0.15) is 0 Å². The van der Waals surface area contributed by atoms with E-state index in [1.807, 2.05) is 0 Å². The number of hydrogen-bond donors (Lipinski definition) is 2. The van der Waals surface area contributed by atoms with E-state index in [0.717, 1.165) is 0 Å². The van der Waals surface area contributed by atoms with Gasteiger partial charge in [0.15, 0.2) is 10.9 Å². The second kappa shape index (κ2) is 7.57. The number of hydrogen-bond acceptors (Lipinski definition) is 4. The average Bonchev–Trinajstić information content (AvgIpc) is 2.76. The summed E-state index contributed by atoms with van der Waals surface area (Å²) in [5.74, 6) is -0.643.